The molecule has 0 spiro atoms. The highest BCUT2D eigenvalue weighted by atomic mass is 35.5. The monoisotopic (exact) mass is 289 g/mol. The molecular weight excluding hydrogens is 282 g/mol. The molecule has 20 heavy (non-hydrogen) atoms. The maximum Gasteiger partial charge on any atom is 0.392 e. The number of ether oxygens (including phenoxy) is 1. The van der Waals surface area contributed by atoms with Gasteiger partial charge in [0.25, 0.3) is 0 Å². The van der Waals surface area contributed by atoms with Gasteiger partial charge in [0.1, 0.15) is 5.75 Å². The minimum Gasteiger partial charge on any atom is -0.431 e. The maximum absolute atomic E-state index is 11.2. The van der Waals surface area contributed by atoms with Crippen molar-refractivity contribution < 1.29 is 9.66 Å². The van der Waals surface area contributed by atoms with Crippen LogP contribution in [-0.2, 0) is 0 Å². The topological polar surface area (TPSA) is 69.7 Å². The SMILES string of the molecule is O=[N+]([O-])c1c(Oc2ccccc2Cl)nc2ccccn12. The van der Waals surface area contributed by atoms with E-state index in [1.165, 1.54) is 4.40 Å². The van der Waals surface area contributed by atoms with Crippen LogP contribution in [0.1, 0.15) is 0 Å². The Hall–Kier alpha value is -2.60. The Balaban J connectivity index is 2.14. The van der Waals surface area contributed by atoms with Crippen molar-refractivity contribution in [3.8, 4) is 11.6 Å². The second kappa shape index (κ2) is 4.82. The molecule has 0 bridgehead atoms. The minimum absolute atomic E-state index is 0.0886. The number of imidazole rings is 1. The van der Waals surface area contributed by atoms with Crippen LogP contribution in [-0.4, -0.2) is 14.3 Å². The van der Waals surface area contributed by atoms with Crippen LogP contribution in [0.15, 0.2) is 48.7 Å². The number of benzene rings is 1. The largest absolute Gasteiger partial charge is 0.431 e. The highest BCUT2D eigenvalue weighted by Gasteiger charge is 2.24. The second-order valence-corrected chi connectivity index (χ2v) is 4.37. The summed E-state index contributed by atoms with van der Waals surface area (Å²) >= 11 is 5.98. The van der Waals surface area contributed by atoms with Crippen LogP contribution in [0.2, 0.25) is 5.02 Å². The molecule has 0 aliphatic heterocycles. The molecule has 2 aromatic heterocycles. The summed E-state index contributed by atoms with van der Waals surface area (Å²) < 4.78 is 6.83. The molecule has 0 aliphatic carbocycles. The predicted molar refractivity (Wildman–Crippen MR) is 73.4 cm³/mol. The molecular formula is C13H8ClN3O3. The molecule has 0 saturated carbocycles. The van der Waals surface area contributed by atoms with Gasteiger partial charge in [-0.1, -0.05) is 29.8 Å². The highest BCUT2D eigenvalue weighted by Crippen LogP contribution is 2.34. The normalized spacial score (nSPS) is 10.7. The number of fused-ring (bicyclic) bond motifs is 1. The summed E-state index contributed by atoms with van der Waals surface area (Å²) in [6, 6.07) is 11.8. The Bertz CT molecular complexity index is 800. The van der Waals surface area contributed by atoms with Crippen molar-refractivity contribution in [2.24, 2.45) is 0 Å². The number of halogens is 1. The molecule has 0 aliphatic rings. The van der Waals surface area contributed by atoms with Gasteiger partial charge in [-0.2, -0.15) is 9.38 Å². The van der Waals surface area contributed by atoms with Crippen LogP contribution < -0.4 is 4.74 Å². The van der Waals surface area contributed by atoms with Gasteiger partial charge < -0.3 is 14.9 Å². The van der Waals surface area contributed by atoms with E-state index in [1.807, 2.05) is 0 Å². The van der Waals surface area contributed by atoms with Crippen LogP contribution in [0.5, 0.6) is 11.6 Å². The number of para-hydroxylation sites is 1. The fraction of sp³-hybridized carbons (Fsp3) is 0. The molecule has 3 rings (SSSR count). The van der Waals surface area contributed by atoms with Crippen molar-refractivity contribution in [1.82, 2.24) is 9.38 Å². The van der Waals surface area contributed by atoms with E-state index in [1.54, 1.807) is 48.7 Å². The summed E-state index contributed by atoms with van der Waals surface area (Å²) in [6.07, 6.45) is 1.56. The lowest BCUT2D eigenvalue weighted by Crippen LogP contribution is -1.96. The van der Waals surface area contributed by atoms with Gasteiger partial charge in [0.05, 0.1) is 11.2 Å². The van der Waals surface area contributed by atoms with Gasteiger partial charge in [-0.05, 0) is 23.1 Å². The Morgan fingerprint density at radius 2 is 1.95 bits per heavy atom. The molecule has 0 radical (unpaired) electrons. The van der Waals surface area contributed by atoms with Crippen molar-refractivity contribution in [3.05, 3.63) is 63.8 Å². The van der Waals surface area contributed by atoms with Crippen LogP contribution in [0.3, 0.4) is 0 Å². The third-order valence-corrected chi connectivity index (χ3v) is 3.00. The molecule has 7 heteroatoms. The molecule has 100 valence electrons. The standard InChI is InChI=1S/C13H8ClN3O3/c14-9-5-1-2-6-10(9)20-12-13(17(18)19)16-8-4-3-7-11(16)15-12/h1-8H. The molecule has 0 unspecified atom stereocenters. The van der Waals surface area contributed by atoms with Gasteiger partial charge >= 0.3 is 11.7 Å². The third kappa shape index (κ3) is 2.06. The first-order valence-electron chi connectivity index (χ1n) is 5.70. The molecule has 0 saturated heterocycles. The fourth-order valence-corrected chi connectivity index (χ4v) is 2.00. The second-order valence-electron chi connectivity index (χ2n) is 3.96. The van der Waals surface area contributed by atoms with E-state index in [9.17, 15) is 10.1 Å². The summed E-state index contributed by atoms with van der Waals surface area (Å²) in [5, 5.41) is 11.6. The molecule has 0 atom stereocenters. The molecule has 0 fully saturated rings. The van der Waals surface area contributed by atoms with Gasteiger partial charge in [0.15, 0.2) is 0 Å². The quantitative estimate of drug-likeness (QED) is 0.544. The van der Waals surface area contributed by atoms with Gasteiger partial charge in [0.2, 0.25) is 5.65 Å². The summed E-state index contributed by atoms with van der Waals surface area (Å²) in [5.41, 5.74) is 0.432. The van der Waals surface area contributed by atoms with Crippen molar-refractivity contribution in [1.29, 1.82) is 0 Å². The summed E-state index contributed by atoms with van der Waals surface area (Å²) in [5.74, 6) is -0.00417. The molecule has 0 amide bonds. The summed E-state index contributed by atoms with van der Waals surface area (Å²) in [6.45, 7) is 0. The van der Waals surface area contributed by atoms with Gasteiger partial charge in [-0.25, -0.2) is 0 Å². The van der Waals surface area contributed by atoms with E-state index in [0.717, 1.165) is 0 Å². The van der Waals surface area contributed by atoms with E-state index in [-0.39, 0.29) is 11.7 Å². The first-order chi connectivity index (χ1) is 9.66. The first kappa shape index (κ1) is 12.4. The number of nitro groups is 1. The Labute approximate surface area is 118 Å². The minimum atomic E-state index is -0.536. The number of aromatic nitrogens is 2. The van der Waals surface area contributed by atoms with E-state index in [2.05, 4.69) is 4.98 Å². The third-order valence-electron chi connectivity index (χ3n) is 2.69. The average molecular weight is 290 g/mol. The van der Waals surface area contributed by atoms with Crippen molar-refractivity contribution in [2.75, 3.05) is 0 Å². The number of hydrogen-bond acceptors (Lipinski definition) is 4. The van der Waals surface area contributed by atoms with Crippen LogP contribution >= 0.6 is 11.6 Å². The molecule has 2 heterocycles. The smallest absolute Gasteiger partial charge is 0.392 e. The van der Waals surface area contributed by atoms with E-state index >= 15 is 0 Å². The van der Waals surface area contributed by atoms with Gasteiger partial charge in [0, 0.05) is 6.07 Å². The number of nitrogens with zero attached hydrogens (tertiary/aromatic N) is 3. The zero-order valence-corrected chi connectivity index (χ0v) is 10.8. The van der Waals surface area contributed by atoms with E-state index in [0.29, 0.717) is 16.4 Å². The van der Waals surface area contributed by atoms with Gasteiger partial charge in [-0.15, -0.1) is 0 Å². The van der Waals surface area contributed by atoms with Crippen molar-refractivity contribution in [2.45, 2.75) is 0 Å². The van der Waals surface area contributed by atoms with Crippen LogP contribution in [0, 0.1) is 10.1 Å². The van der Waals surface area contributed by atoms with Crippen LogP contribution in [0.25, 0.3) is 5.65 Å². The lowest BCUT2D eigenvalue weighted by molar-refractivity contribution is -0.391. The van der Waals surface area contributed by atoms with Crippen LogP contribution in [0.4, 0.5) is 5.82 Å². The number of hydrogen-bond donors (Lipinski definition) is 0. The lowest BCUT2D eigenvalue weighted by atomic mass is 10.3. The van der Waals surface area contributed by atoms with Crippen molar-refractivity contribution in [3.63, 3.8) is 0 Å². The lowest BCUT2D eigenvalue weighted by Gasteiger charge is -2.03. The maximum atomic E-state index is 11.2. The van der Waals surface area contributed by atoms with E-state index in [4.69, 9.17) is 16.3 Å². The molecule has 0 N–H and O–H groups in total. The Morgan fingerprint density at radius 1 is 1.20 bits per heavy atom. The molecule has 3 aromatic rings. The highest BCUT2D eigenvalue weighted by molar-refractivity contribution is 6.32. The number of pyridine rings is 1. The van der Waals surface area contributed by atoms with Crippen molar-refractivity contribution >= 4 is 23.1 Å². The average Bonchev–Trinajstić information content (AvgIpc) is 2.79. The van der Waals surface area contributed by atoms with Gasteiger partial charge in [-0.3, -0.25) is 0 Å². The number of rotatable bonds is 3. The Morgan fingerprint density at radius 3 is 2.70 bits per heavy atom. The zero-order chi connectivity index (χ0) is 14.1. The zero-order valence-electron chi connectivity index (χ0n) is 10.1. The van der Waals surface area contributed by atoms with E-state index < -0.39 is 4.92 Å². The predicted octanol–water partition coefficient (Wildman–Crippen LogP) is 3.69. The molecule has 6 nitrogen and oxygen atoms in total. The summed E-state index contributed by atoms with van der Waals surface area (Å²) in [7, 11) is 0. The fourth-order valence-electron chi connectivity index (χ4n) is 1.83. The Kier molecular flexibility index (Phi) is 3.00. The summed E-state index contributed by atoms with van der Waals surface area (Å²) in [4.78, 5) is 14.8. The molecule has 1 aromatic carbocycles. The first-order valence-corrected chi connectivity index (χ1v) is 6.08.